The molecule has 218 valence electrons. The first-order chi connectivity index (χ1) is 20.4. The summed E-state index contributed by atoms with van der Waals surface area (Å²) < 4.78 is 44.6. The number of nitrogens with zero attached hydrogens (tertiary/aromatic N) is 5. The molecule has 1 aliphatic heterocycles. The summed E-state index contributed by atoms with van der Waals surface area (Å²) in [5.74, 6) is 1.35. The fraction of sp³-hybridized carbons (Fsp3) is 0.323. The smallest absolute Gasteiger partial charge is 0.387 e. The summed E-state index contributed by atoms with van der Waals surface area (Å²) in [5, 5.41) is 0.720. The fourth-order valence-corrected chi connectivity index (χ4v) is 5.33. The van der Waals surface area contributed by atoms with Gasteiger partial charge < -0.3 is 18.8 Å². The highest BCUT2D eigenvalue weighted by molar-refractivity contribution is 5.87. The SMILES string of the molecule is CCOc1ccc2cc(-c3ccc4nc(CCN5CCOCC5)n(C)c4c3)c(=O)n(-c3ccc(OC(F)F)cc3)c2n1. The molecule has 0 amide bonds. The number of aromatic nitrogens is 4. The number of pyridine rings is 2. The van der Waals surface area contributed by atoms with Crippen molar-refractivity contribution in [3.05, 3.63) is 76.8 Å². The third-order valence-corrected chi connectivity index (χ3v) is 7.48. The first-order valence-electron chi connectivity index (χ1n) is 13.9. The monoisotopic (exact) mass is 575 g/mol. The fourth-order valence-electron chi connectivity index (χ4n) is 5.33. The third-order valence-electron chi connectivity index (χ3n) is 7.48. The van der Waals surface area contributed by atoms with Crippen molar-refractivity contribution in [2.75, 3.05) is 39.5 Å². The molecule has 0 bridgehead atoms. The van der Waals surface area contributed by atoms with Gasteiger partial charge in [-0.25, -0.2) is 4.98 Å². The summed E-state index contributed by atoms with van der Waals surface area (Å²) in [5.41, 5.74) is 3.54. The Morgan fingerprint density at radius 2 is 1.79 bits per heavy atom. The van der Waals surface area contributed by atoms with Crippen LogP contribution in [0.15, 0.2) is 65.5 Å². The normalized spacial score (nSPS) is 14.2. The maximum Gasteiger partial charge on any atom is 0.387 e. The number of alkyl halides is 2. The van der Waals surface area contributed by atoms with Crippen molar-refractivity contribution >= 4 is 22.1 Å². The lowest BCUT2D eigenvalue weighted by atomic mass is 10.0. The van der Waals surface area contributed by atoms with E-state index < -0.39 is 6.61 Å². The van der Waals surface area contributed by atoms with Crippen LogP contribution in [0.1, 0.15) is 12.7 Å². The topological polar surface area (TPSA) is 83.6 Å². The van der Waals surface area contributed by atoms with Crippen molar-refractivity contribution in [1.82, 2.24) is 24.0 Å². The molecule has 1 saturated heterocycles. The second kappa shape index (κ2) is 11.9. The zero-order chi connectivity index (χ0) is 29.2. The number of hydrogen-bond acceptors (Lipinski definition) is 7. The molecule has 0 saturated carbocycles. The summed E-state index contributed by atoms with van der Waals surface area (Å²) in [4.78, 5) is 25.9. The van der Waals surface area contributed by atoms with Crippen LogP contribution in [0.2, 0.25) is 0 Å². The van der Waals surface area contributed by atoms with Crippen LogP contribution in [-0.4, -0.2) is 70.1 Å². The number of imidazole rings is 1. The van der Waals surface area contributed by atoms with Crippen molar-refractivity contribution < 1.29 is 23.0 Å². The Morgan fingerprint density at radius 1 is 1.00 bits per heavy atom. The van der Waals surface area contributed by atoms with Gasteiger partial charge in [-0.1, -0.05) is 6.07 Å². The molecule has 3 aromatic heterocycles. The van der Waals surface area contributed by atoms with E-state index in [1.807, 2.05) is 44.3 Å². The molecule has 0 N–H and O–H groups in total. The third kappa shape index (κ3) is 5.57. The molecule has 1 aliphatic rings. The van der Waals surface area contributed by atoms with E-state index in [2.05, 4.69) is 19.2 Å². The van der Waals surface area contributed by atoms with Gasteiger partial charge in [0.05, 0.1) is 36.5 Å². The molecule has 0 radical (unpaired) electrons. The number of rotatable bonds is 9. The van der Waals surface area contributed by atoms with E-state index >= 15 is 0 Å². The second-order valence-corrected chi connectivity index (χ2v) is 10.1. The van der Waals surface area contributed by atoms with Crippen LogP contribution < -0.4 is 15.0 Å². The minimum atomic E-state index is -2.94. The van der Waals surface area contributed by atoms with Gasteiger partial charge >= 0.3 is 6.61 Å². The van der Waals surface area contributed by atoms with Crippen molar-refractivity contribution in [2.45, 2.75) is 20.0 Å². The predicted molar refractivity (Wildman–Crippen MR) is 156 cm³/mol. The Morgan fingerprint density at radius 3 is 2.52 bits per heavy atom. The molecule has 9 nitrogen and oxygen atoms in total. The van der Waals surface area contributed by atoms with E-state index in [0.29, 0.717) is 29.4 Å². The summed E-state index contributed by atoms with van der Waals surface area (Å²) >= 11 is 0. The van der Waals surface area contributed by atoms with E-state index in [4.69, 9.17) is 14.5 Å². The lowest BCUT2D eigenvalue weighted by molar-refractivity contribution is -0.0498. The van der Waals surface area contributed by atoms with E-state index in [1.165, 1.54) is 16.7 Å². The van der Waals surface area contributed by atoms with Gasteiger partial charge in [0.2, 0.25) is 5.88 Å². The van der Waals surface area contributed by atoms with Gasteiger partial charge in [-0.2, -0.15) is 13.8 Å². The molecule has 0 spiro atoms. The molecule has 42 heavy (non-hydrogen) atoms. The van der Waals surface area contributed by atoms with Crippen LogP contribution in [0.5, 0.6) is 11.6 Å². The van der Waals surface area contributed by atoms with Crippen LogP contribution >= 0.6 is 0 Å². The first kappa shape index (κ1) is 27.8. The second-order valence-electron chi connectivity index (χ2n) is 10.1. The highest BCUT2D eigenvalue weighted by Gasteiger charge is 2.18. The van der Waals surface area contributed by atoms with Crippen LogP contribution in [0.4, 0.5) is 8.78 Å². The molecule has 4 heterocycles. The van der Waals surface area contributed by atoms with Crippen molar-refractivity contribution in [3.8, 4) is 28.4 Å². The number of benzene rings is 2. The average Bonchev–Trinajstić information content (AvgIpc) is 3.31. The lowest BCUT2D eigenvalue weighted by Crippen LogP contribution is -2.37. The maximum atomic E-state index is 14.1. The molecule has 0 atom stereocenters. The van der Waals surface area contributed by atoms with Crippen LogP contribution in [-0.2, 0) is 18.2 Å². The number of hydrogen-bond donors (Lipinski definition) is 0. The average molecular weight is 576 g/mol. The molecule has 5 aromatic rings. The molecular weight excluding hydrogens is 544 g/mol. The van der Waals surface area contributed by atoms with Crippen LogP contribution in [0.3, 0.4) is 0 Å². The molecular formula is C31H31F2N5O4. The van der Waals surface area contributed by atoms with E-state index in [-0.39, 0.29) is 11.3 Å². The van der Waals surface area contributed by atoms with Crippen LogP contribution in [0, 0.1) is 0 Å². The minimum Gasteiger partial charge on any atom is -0.478 e. The first-order valence-corrected chi connectivity index (χ1v) is 13.9. The highest BCUT2D eigenvalue weighted by Crippen LogP contribution is 2.28. The van der Waals surface area contributed by atoms with E-state index in [1.54, 1.807) is 18.2 Å². The van der Waals surface area contributed by atoms with E-state index in [0.717, 1.165) is 67.1 Å². The molecule has 11 heteroatoms. The van der Waals surface area contributed by atoms with Gasteiger partial charge in [-0.3, -0.25) is 14.3 Å². The summed E-state index contributed by atoms with van der Waals surface area (Å²) in [6.45, 7) is 3.58. The van der Waals surface area contributed by atoms with Gasteiger partial charge in [-0.15, -0.1) is 0 Å². The van der Waals surface area contributed by atoms with Gasteiger partial charge in [0.1, 0.15) is 11.6 Å². The molecule has 0 aliphatic carbocycles. The van der Waals surface area contributed by atoms with Crippen molar-refractivity contribution in [2.24, 2.45) is 7.05 Å². The number of fused-ring (bicyclic) bond motifs is 2. The van der Waals surface area contributed by atoms with Gasteiger partial charge in [0.25, 0.3) is 5.56 Å². The number of aryl methyl sites for hydroxylation is 1. The Kier molecular flexibility index (Phi) is 7.86. The van der Waals surface area contributed by atoms with Gasteiger partial charge in [-0.05, 0) is 61.0 Å². The van der Waals surface area contributed by atoms with E-state index in [9.17, 15) is 13.6 Å². The summed E-state index contributed by atoms with van der Waals surface area (Å²) in [6.07, 6.45) is 0.808. The summed E-state index contributed by atoms with van der Waals surface area (Å²) in [6, 6.07) is 17.2. The zero-order valence-electron chi connectivity index (χ0n) is 23.4. The minimum absolute atomic E-state index is 0.00342. The largest absolute Gasteiger partial charge is 0.478 e. The Hall–Kier alpha value is -4.35. The Labute approximate surface area is 240 Å². The predicted octanol–water partition coefficient (Wildman–Crippen LogP) is 4.81. The number of ether oxygens (including phenoxy) is 3. The molecule has 0 unspecified atom stereocenters. The number of morpholine rings is 1. The molecule has 2 aromatic carbocycles. The standard InChI is InChI=1S/C31H31F2N5O4/c1-3-41-28-11-5-21-18-24(30(39)38(29(21)35-28)22-6-8-23(9-7-22)42-31(32)33)20-4-10-25-26(19-20)36(2)27(34-25)12-13-37-14-16-40-17-15-37/h4-11,18-19,31H,3,12-17H2,1-2H3. The molecule has 1 fully saturated rings. The van der Waals surface area contributed by atoms with Crippen molar-refractivity contribution in [3.63, 3.8) is 0 Å². The Balaban J connectivity index is 1.42. The molecule has 6 rings (SSSR count). The van der Waals surface area contributed by atoms with Crippen LogP contribution in [0.25, 0.3) is 38.9 Å². The quantitative estimate of drug-likeness (QED) is 0.249. The van der Waals surface area contributed by atoms with Gasteiger partial charge in [0, 0.05) is 50.1 Å². The Bertz CT molecular complexity index is 1780. The summed E-state index contributed by atoms with van der Waals surface area (Å²) in [7, 11) is 1.99. The van der Waals surface area contributed by atoms with Gasteiger partial charge in [0.15, 0.2) is 5.65 Å². The highest BCUT2D eigenvalue weighted by atomic mass is 19.3. The van der Waals surface area contributed by atoms with Crippen molar-refractivity contribution in [1.29, 1.82) is 0 Å². The lowest BCUT2D eigenvalue weighted by Gasteiger charge is -2.26. The maximum absolute atomic E-state index is 14.1. The zero-order valence-corrected chi connectivity index (χ0v) is 23.4. The number of halogens is 2.